The molecule has 0 unspecified atom stereocenters. The van der Waals surface area contributed by atoms with E-state index in [1.807, 2.05) is 13.8 Å². The van der Waals surface area contributed by atoms with Crippen LogP contribution in [-0.4, -0.2) is 25.9 Å². The maximum Gasteiger partial charge on any atom is 0.0683 e. The fourth-order valence-electron chi connectivity index (χ4n) is 1.19. The first-order valence-electron chi connectivity index (χ1n) is 5.87. The van der Waals surface area contributed by atoms with Gasteiger partial charge in [0.25, 0.3) is 0 Å². The van der Waals surface area contributed by atoms with E-state index in [-0.39, 0.29) is 11.0 Å². The van der Waals surface area contributed by atoms with Gasteiger partial charge >= 0.3 is 0 Å². The molecule has 0 N–H and O–H groups in total. The topological polar surface area (TPSA) is 42.2 Å². The third-order valence-corrected chi connectivity index (χ3v) is 2.79. The van der Waals surface area contributed by atoms with Gasteiger partial charge in [-0.25, -0.2) is 0 Å². The van der Waals surface area contributed by atoms with Crippen LogP contribution in [0.2, 0.25) is 0 Å². The Morgan fingerprint density at radius 3 is 2.19 bits per heavy atom. The average Bonchev–Trinajstić information content (AvgIpc) is 2.23. The van der Waals surface area contributed by atoms with Crippen LogP contribution in [0.5, 0.6) is 0 Å². The third-order valence-electron chi connectivity index (χ3n) is 2.79. The first-order valence-corrected chi connectivity index (χ1v) is 5.87. The lowest BCUT2D eigenvalue weighted by Crippen LogP contribution is -2.24. The molecule has 0 heterocycles. The zero-order chi connectivity index (χ0) is 12.7. The molecule has 0 atom stereocenters. The quantitative estimate of drug-likeness (QED) is 0.598. The number of methoxy groups -OCH3 is 1. The van der Waals surface area contributed by atoms with Crippen LogP contribution in [0.15, 0.2) is 0 Å². The number of nitrogens with zero attached hydrogens (tertiary/aromatic N) is 1. The highest BCUT2D eigenvalue weighted by Crippen LogP contribution is 2.20. The van der Waals surface area contributed by atoms with Gasteiger partial charge < -0.3 is 9.47 Å². The molecule has 0 spiro atoms. The molecule has 0 rings (SSSR count). The molecule has 0 aliphatic rings. The van der Waals surface area contributed by atoms with Crippen LogP contribution in [0.25, 0.3) is 0 Å². The normalized spacial score (nSPS) is 12.5. The van der Waals surface area contributed by atoms with E-state index in [0.717, 1.165) is 25.9 Å². The van der Waals surface area contributed by atoms with Crippen molar-refractivity contribution in [1.29, 1.82) is 5.26 Å². The van der Waals surface area contributed by atoms with Crippen LogP contribution in [-0.2, 0) is 9.47 Å². The number of hydrogen-bond donors (Lipinski definition) is 0. The Hall–Kier alpha value is -0.590. The van der Waals surface area contributed by atoms with Crippen LogP contribution in [0.1, 0.15) is 47.0 Å². The number of rotatable bonds is 8. The van der Waals surface area contributed by atoms with Gasteiger partial charge in [-0.05, 0) is 47.0 Å². The van der Waals surface area contributed by atoms with E-state index in [0.29, 0.717) is 6.61 Å². The van der Waals surface area contributed by atoms with E-state index in [4.69, 9.17) is 14.7 Å². The molecule has 16 heavy (non-hydrogen) atoms. The van der Waals surface area contributed by atoms with Crippen molar-refractivity contribution in [3.63, 3.8) is 0 Å². The SMILES string of the molecule is COC(C)(C)CCOCCCC(C)(C)C#N. The minimum atomic E-state index is -0.227. The highest BCUT2D eigenvalue weighted by Gasteiger charge is 2.17. The lowest BCUT2D eigenvalue weighted by Gasteiger charge is -2.22. The summed E-state index contributed by atoms with van der Waals surface area (Å²) in [5, 5.41) is 8.83. The summed E-state index contributed by atoms with van der Waals surface area (Å²) >= 11 is 0. The standard InChI is InChI=1S/C13H25NO2/c1-12(2,11-14)7-6-9-16-10-8-13(3,4)15-5/h6-10H2,1-5H3. The summed E-state index contributed by atoms with van der Waals surface area (Å²) in [6, 6.07) is 2.29. The third kappa shape index (κ3) is 7.67. The van der Waals surface area contributed by atoms with Gasteiger partial charge in [0.15, 0.2) is 0 Å². The Labute approximate surface area is 99.7 Å². The molecule has 0 radical (unpaired) electrons. The van der Waals surface area contributed by atoms with Gasteiger partial charge in [-0.15, -0.1) is 0 Å². The molecule has 0 saturated carbocycles. The Bertz CT molecular complexity index is 229. The minimum Gasteiger partial charge on any atom is -0.381 e. The van der Waals surface area contributed by atoms with E-state index in [2.05, 4.69) is 19.9 Å². The molecular formula is C13H25NO2. The van der Waals surface area contributed by atoms with Gasteiger partial charge in [-0.1, -0.05) is 0 Å². The maximum absolute atomic E-state index is 8.83. The number of nitriles is 1. The fraction of sp³-hybridized carbons (Fsp3) is 0.923. The molecule has 0 amide bonds. The summed E-state index contributed by atoms with van der Waals surface area (Å²) in [5.74, 6) is 0. The molecule has 0 bridgehead atoms. The van der Waals surface area contributed by atoms with Gasteiger partial charge in [-0.3, -0.25) is 0 Å². The first-order chi connectivity index (χ1) is 7.33. The highest BCUT2D eigenvalue weighted by atomic mass is 16.5. The Balaban J connectivity index is 3.46. The molecule has 3 nitrogen and oxygen atoms in total. The summed E-state index contributed by atoms with van der Waals surface area (Å²) < 4.78 is 10.8. The molecule has 94 valence electrons. The predicted octanol–water partition coefficient (Wildman–Crippen LogP) is 3.15. The lowest BCUT2D eigenvalue weighted by atomic mass is 9.90. The van der Waals surface area contributed by atoms with Crippen molar-refractivity contribution in [2.45, 2.75) is 52.6 Å². The zero-order valence-corrected chi connectivity index (χ0v) is 11.3. The smallest absolute Gasteiger partial charge is 0.0683 e. The van der Waals surface area contributed by atoms with Crippen LogP contribution < -0.4 is 0 Å². The second-order valence-electron chi connectivity index (χ2n) is 5.43. The summed E-state index contributed by atoms with van der Waals surface area (Å²) in [7, 11) is 1.72. The Morgan fingerprint density at radius 1 is 1.06 bits per heavy atom. The van der Waals surface area contributed by atoms with Crippen molar-refractivity contribution in [1.82, 2.24) is 0 Å². The molecular weight excluding hydrogens is 202 g/mol. The molecule has 0 aromatic heterocycles. The monoisotopic (exact) mass is 227 g/mol. The lowest BCUT2D eigenvalue weighted by molar-refractivity contribution is -0.0105. The van der Waals surface area contributed by atoms with Crippen molar-refractivity contribution in [3.05, 3.63) is 0 Å². The van der Waals surface area contributed by atoms with Crippen molar-refractivity contribution in [2.75, 3.05) is 20.3 Å². The molecule has 0 aromatic rings. The molecule has 0 aliphatic carbocycles. The van der Waals surface area contributed by atoms with Crippen molar-refractivity contribution in [2.24, 2.45) is 5.41 Å². The van der Waals surface area contributed by atoms with E-state index in [1.165, 1.54) is 0 Å². The van der Waals surface area contributed by atoms with Gasteiger partial charge in [0, 0.05) is 20.3 Å². The zero-order valence-electron chi connectivity index (χ0n) is 11.3. The maximum atomic E-state index is 8.83. The Morgan fingerprint density at radius 2 is 1.69 bits per heavy atom. The molecule has 0 aliphatic heterocycles. The largest absolute Gasteiger partial charge is 0.381 e. The summed E-state index contributed by atoms with van der Waals surface area (Å²) in [6.07, 6.45) is 2.72. The minimum absolute atomic E-state index is 0.105. The van der Waals surface area contributed by atoms with Crippen LogP contribution >= 0.6 is 0 Å². The summed E-state index contributed by atoms with van der Waals surface area (Å²) in [4.78, 5) is 0. The average molecular weight is 227 g/mol. The highest BCUT2D eigenvalue weighted by molar-refractivity contribution is 4.91. The Kier molecular flexibility index (Phi) is 6.62. The van der Waals surface area contributed by atoms with Crippen LogP contribution in [0, 0.1) is 16.7 Å². The number of hydrogen-bond acceptors (Lipinski definition) is 3. The number of ether oxygens (including phenoxy) is 2. The van der Waals surface area contributed by atoms with E-state index in [9.17, 15) is 0 Å². The van der Waals surface area contributed by atoms with Crippen molar-refractivity contribution < 1.29 is 9.47 Å². The fourth-order valence-corrected chi connectivity index (χ4v) is 1.19. The first kappa shape index (κ1) is 15.4. The molecule has 0 aromatic carbocycles. The van der Waals surface area contributed by atoms with Gasteiger partial charge in [-0.2, -0.15) is 5.26 Å². The van der Waals surface area contributed by atoms with Gasteiger partial charge in [0.05, 0.1) is 17.1 Å². The van der Waals surface area contributed by atoms with Crippen LogP contribution in [0.3, 0.4) is 0 Å². The van der Waals surface area contributed by atoms with Crippen molar-refractivity contribution in [3.8, 4) is 6.07 Å². The van der Waals surface area contributed by atoms with E-state index < -0.39 is 0 Å². The van der Waals surface area contributed by atoms with Crippen molar-refractivity contribution >= 4 is 0 Å². The van der Waals surface area contributed by atoms with E-state index in [1.54, 1.807) is 7.11 Å². The predicted molar refractivity (Wildman–Crippen MR) is 65.2 cm³/mol. The molecule has 0 saturated heterocycles. The van der Waals surface area contributed by atoms with Gasteiger partial charge in [0.1, 0.15) is 0 Å². The van der Waals surface area contributed by atoms with E-state index >= 15 is 0 Å². The second kappa shape index (κ2) is 6.88. The van der Waals surface area contributed by atoms with Crippen LogP contribution in [0.4, 0.5) is 0 Å². The summed E-state index contributed by atoms with van der Waals surface area (Å²) in [5.41, 5.74) is -0.332. The molecule has 3 heteroatoms. The molecule has 0 fully saturated rings. The van der Waals surface area contributed by atoms with Gasteiger partial charge in [0.2, 0.25) is 0 Å². The second-order valence-corrected chi connectivity index (χ2v) is 5.43. The summed E-state index contributed by atoms with van der Waals surface area (Å²) in [6.45, 7) is 9.46.